The van der Waals surface area contributed by atoms with Gasteiger partial charge in [-0.1, -0.05) is 45.2 Å². The Labute approximate surface area is 195 Å². The van der Waals surface area contributed by atoms with Gasteiger partial charge in [-0.15, -0.1) is 0 Å². The normalized spacial score (nSPS) is 11.1. The van der Waals surface area contributed by atoms with Gasteiger partial charge in [-0.3, -0.25) is 9.10 Å². The number of nitrogens with one attached hydrogen (secondary N) is 1. The first-order valence-electron chi connectivity index (χ1n) is 9.19. The molecule has 0 aliphatic rings. The number of carbonyl (C=O) groups excluding carboxylic acids is 1. The van der Waals surface area contributed by atoms with Gasteiger partial charge >= 0.3 is 0 Å². The van der Waals surface area contributed by atoms with Crippen LogP contribution in [0.15, 0.2) is 76.1 Å². The van der Waals surface area contributed by atoms with E-state index < -0.39 is 22.5 Å². The number of halogens is 2. The number of amides is 1. The van der Waals surface area contributed by atoms with Crippen LogP contribution in [0.1, 0.15) is 5.56 Å². The number of methoxy groups -OCH3 is 1. The average molecular weight is 524 g/mol. The summed E-state index contributed by atoms with van der Waals surface area (Å²) < 4.78 is 33.7. The molecule has 6 nitrogen and oxygen atoms in total. The van der Waals surface area contributed by atoms with E-state index in [1.807, 2.05) is 6.92 Å². The molecule has 0 saturated heterocycles. The molecule has 0 aromatic heterocycles. The molecule has 0 radical (unpaired) electrons. The van der Waals surface area contributed by atoms with Gasteiger partial charge in [-0.25, -0.2) is 8.42 Å². The van der Waals surface area contributed by atoms with Crippen molar-refractivity contribution in [2.45, 2.75) is 11.8 Å². The molecule has 0 aliphatic carbocycles. The Morgan fingerprint density at radius 3 is 2.29 bits per heavy atom. The molecular formula is C22H20BrClN2O4S. The summed E-state index contributed by atoms with van der Waals surface area (Å²) in [4.78, 5) is 12.9. The van der Waals surface area contributed by atoms with Gasteiger partial charge in [0.1, 0.15) is 12.3 Å². The summed E-state index contributed by atoms with van der Waals surface area (Å²) in [6, 6.07) is 18.0. The van der Waals surface area contributed by atoms with Crippen LogP contribution in [0.2, 0.25) is 5.02 Å². The van der Waals surface area contributed by atoms with E-state index in [1.165, 1.54) is 25.3 Å². The summed E-state index contributed by atoms with van der Waals surface area (Å²) in [5, 5.41) is 3.01. The largest absolute Gasteiger partial charge is 0.495 e. The van der Waals surface area contributed by atoms with Gasteiger partial charge in [0.05, 0.1) is 22.7 Å². The number of rotatable bonds is 7. The highest BCUT2D eigenvalue weighted by molar-refractivity contribution is 9.10. The van der Waals surface area contributed by atoms with E-state index in [-0.39, 0.29) is 4.90 Å². The minimum Gasteiger partial charge on any atom is -0.495 e. The van der Waals surface area contributed by atoms with E-state index in [0.29, 0.717) is 22.1 Å². The second-order valence-electron chi connectivity index (χ2n) is 6.70. The van der Waals surface area contributed by atoms with Crippen molar-refractivity contribution in [1.29, 1.82) is 0 Å². The summed E-state index contributed by atoms with van der Waals surface area (Å²) in [7, 11) is -2.49. The molecule has 0 unspecified atom stereocenters. The molecule has 0 aliphatic heterocycles. The van der Waals surface area contributed by atoms with Crippen LogP contribution in [-0.4, -0.2) is 28.0 Å². The number of nitrogens with zero attached hydrogens (tertiary/aromatic N) is 1. The Bertz CT molecular complexity index is 1180. The fourth-order valence-corrected chi connectivity index (χ4v) is 4.78. The molecule has 162 valence electrons. The van der Waals surface area contributed by atoms with Crippen molar-refractivity contribution in [1.82, 2.24) is 0 Å². The number of sulfonamides is 1. The van der Waals surface area contributed by atoms with Gasteiger partial charge in [-0.2, -0.15) is 0 Å². The van der Waals surface area contributed by atoms with E-state index in [4.69, 9.17) is 16.3 Å². The monoisotopic (exact) mass is 522 g/mol. The summed E-state index contributed by atoms with van der Waals surface area (Å²) >= 11 is 9.45. The van der Waals surface area contributed by atoms with Crippen LogP contribution in [0, 0.1) is 6.92 Å². The molecule has 0 spiro atoms. The highest BCUT2D eigenvalue weighted by atomic mass is 79.9. The molecule has 31 heavy (non-hydrogen) atoms. The second-order valence-corrected chi connectivity index (χ2v) is 9.88. The number of ether oxygens (including phenoxy) is 1. The number of anilines is 2. The Morgan fingerprint density at radius 1 is 1.06 bits per heavy atom. The van der Waals surface area contributed by atoms with Crippen LogP contribution in [0.4, 0.5) is 11.4 Å². The van der Waals surface area contributed by atoms with E-state index >= 15 is 0 Å². The second kappa shape index (κ2) is 9.72. The van der Waals surface area contributed by atoms with Gasteiger partial charge < -0.3 is 10.1 Å². The molecule has 3 aromatic rings. The summed E-state index contributed by atoms with van der Waals surface area (Å²) in [5.41, 5.74) is 1.73. The quantitative estimate of drug-likeness (QED) is 0.459. The fraction of sp³-hybridized carbons (Fsp3) is 0.136. The molecule has 1 amide bonds. The van der Waals surface area contributed by atoms with Crippen molar-refractivity contribution < 1.29 is 17.9 Å². The molecule has 9 heteroatoms. The predicted octanol–water partition coefficient (Wildman–Crippen LogP) is 5.25. The smallest absolute Gasteiger partial charge is 0.264 e. The molecule has 0 atom stereocenters. The van der Waals surface area contributed by atoms with Crippen LogP contribution in [0.25, 0.3) is 0 Å². The van der Waals surface area contributed by atoms with Crippen LogP contribution >= 0.6 is 27.5 Å². The average Bonchev–Trinajstić information content (AvgIpc) is 2.73. The third-order valence-electron chi connectivity index (χ3n) is 4.45. The maximum Gasteiger partial charge on any atom is 0.264 e. The molecular weight excluding hydrogens is 504 g/mol. The maximum atomic E-state index is 13.4. The topological polar surface area (TPSA) is 75.7 Å². The molecule has 1 N–H and O–H groups in total. The maximum absolute atomic E-state index is 13.4. The van der Waals surface area contributed by atoms with E-state index in [1.54, 1.807) is 48.5 Å². The highest BCUT2D eigenvalue weighted by Crippen LogP contribution is 2.28. The Morgan fingerprint density at radius 2 is 1.71 bits per heavy atom. The lowest BCUT2D eigenvalue weighted by Gasteiger charge is -2.24. The minimum atomic E-state index is -3.98. The molecule has 0 saturated carbocycles. The third kappa shape index (κ3) is 5.58. The SMILES string of the molecule is COc1ccc(NC(=O)CN(c2ccc(Br)cc2)S(=O)(=O)c2ccc(C)cc2)cc1Cl. The number of aryl methyl sites for hydroxylation is 1. The zero-order valence-corrected chi connectivity index (χ0v) is 20.0. The van der Waals surface area contributed by atoms with Crippen molar-refractivity contribution in [2.24, 2.45) is 0 Å². The summed E-state index contributed by atoms with van der Waals surface area (Å²) in [6.07, 6.45) is 0. The predicted molar refractivity (Wildman–Crippen MR) is 126 cm³/mol. The zero-order valence-electron chi connectivity index (χ0n) is 16.8. The van der Waals surface area contributed by atoms with Crippen LogP contribution in [0.3, 0.4) is 0 Å². The molecule has 0 bridgehead atoms. The summed E-state index contributed by atoms with van der Waals surface area (Å²) in [5.74, 6) is -0.0436. The highest BCUT2D eigenvalue weighted by Gasteiger charge is 2.27. The van der Waals surface area contributed by atoms with Gasteiger partial charge in [0.15, 0.2) is 0 Å². The van der Waals surface area contributed by atoms with Crippen LogP contribution < -0.4 is 14.4 Å². The van der Waals surface area contributed by atoms with E-state index in [2.05, 4.69) is 21.2 Å². The van der Waals surface area contributed by atoms with Crippen LogP contribution in [-0.2, 0) is 14.8 Å². The van der Waals surface area contributed by atoms with Crippen molar-refractivity contribution in [2.75, 3.05) is 23.3 Å². The number of hydrogen-bond acceptors (Lipinski definition) is 4. The summed E-state index contributed by atoms with van der Waals surface area (Å²) in [6.45, 7) is 1.46. The molecule has 0 fully saturated rings. The van der Waals surface area contributed by atoms with Gasteiger partial charge in [0.2, 0.25) is 5.91 Å². The number of hydrogen-bond donors (Lipinski definition) is 1. The number of benzene rings is 3. The van der Waals surface area contributed by atoms with E-state index in [0.717, 1.165) is 14.3 Å². The Balaban J connectivity index is 1.91. The van der Waals surface area contributed by atoms with Crippen molar-refractivity contribution in [3.63, 3.8) is 0 Å². The van der Waals surface area contributed by atoms with E-state index in [9.17, 15) is 13.2 Å². The first-order valence-corrected chi connectivity index (χ1v) is 11.8. The van der Waals surface area contributed by atoms with Gasteiger partial charge in [0, 0.05) is 10.2 Å². The molecule has 3 aromatic carbocycles. The lowest BCUT2D eigenvalue weighted by atomic mass is 10.2. The first kappa shape index (κ1) is 23.1. The Hall–Kier alpha value is -2.55. The van der Waals surface area contributed by atoms with Crippen molar-refractivity contribution in [3.8, 4) is 5.75 Å². The lowest BCUT2D eigenvalue weighted by Crippen LogP contribution is -2.38. The van der Waals surface area contributed by atoms with Crippen molar-refractivity contribution >= 4 is 54.8 Å². The molecule has 3 rings (SSSR count). The fourth-order valence-electron chi connectivity index (χ4n) is 2.83. The zero-order chi connectivity index (χ0) is 22.6. The third-order valence-corrected chi connectivity index (χ3v) is 7.06. The van der Waals surface area contributed by atoms with Crippen molar-refractivity contribution in [3.05, 3.63) is 81.8 Å². The minimum absolute atomic E-state index is 0.0984. The van der Waals surface area contributed by atoms with Gasteiger partial charge in [-0.05, 0) is 61.5 Å². The Kier molecular flexibility index (Phi) is 7.25. The number of carbonyl (C=O) groups is 1. The standard InChI is InChI=1S/C22H20BrClN2O4S/c1-15-3-10-19(11-4-15)31(28,29)26(18-8-5-16(23)6-9-18)14-22(27)25-17-7-12-21(30-2)20(24)13-17/h3-13H,14H2,1-2H3,(H,25,27). The van der Waals surface area contributed by atoms with Gasteiger partial charge in [0.25, 0.3) is 10.0 Å². The van der Waals surface area contributed by atoms with Crippen LogP contribution in [0.5, 0.6) is 5.75 Å². The lowest BCUT2D eigenvalue weighted by molar-refractivity contribution is -0.114. The first-order chi connectivity index (χ1) is 14.7. The molecule has 0 heterocycles.